The molecular weight excluding hydrogens is 237 g/mol. The second kappa shape index (κ2) is 5.82. The fourth-order valence-corrected chi connectivity index (χ4v) is 2.07. The molecule has 1 aromatic rings. The van der Waals surface area contributed by atoms with Crippen LogP contribution in [0.3, 0.4) is 0 Å². The lowest BCUT2D eigenvalue weighted by molar-refractivity contribution is -0.143. The lowest BCUT2D eigenvalue weighted by Crippen LogP contribution is -2.31. The Balaban J connectivity index is 3.28. The van der Waals surface area contributed by atoms with E-state index in [2.05, 4.69) is 0 Å². The number of benzene rings is 1. The topological polar surface area (TPSA) is 49.8 Å². The van der Waals surface area contributed by atoms with Gasteiger partial charge in [0.15, 0.2) is 0 Å². The molecule has 0 spiro atoms. The summed E-state index contributed by atoms with van der Waals surface area (Å²) in [6.07, 6.45) is 0. The van der Waals surface area contributed by atoms with Gasteiger partial charge in [0.25, 0.3) is 0 Å². The predicted octanol–water partition coefficient (Wildman–Crippen LogP) is 2.16. The Labute approximate surface area is 106 Å². The molecule has 0 aliphatic carbocycles. The van der Waals surface area contributed by atoms with Crippen molar-refractivity contribution in [3.05, 3.63) is 29.6 Å². The molecule has 0 fully saturated rings. The first-order valence-electron chi connectivity index (χ1n) is 5.61. The molecule has 1 aromatic carbocycles. The van der Waals surface area contributed by atoms with Gasteiger partial charge in [-0.25, -0.2) is 4.39 Å². The molecule has 0 heterocycles. The normalized spacial score (nSPS) is 14.3. The van der Waals surface area contributed by atoms with Crippen molar-refractivity contribution in [2.24, 2.45) is 5.92 Å². The number of carboxylic acids is 1. The summed E-state index contributed by atoms with van der Waals surface area (Å²) in [6, 6.07) is 3.67. The molecule has 0 amide bonds. The van der Waals surface area contributed by atoms with Gasteiger partial charge >= 0.3 is 5.97 Å². The van der Waals surface area contributed by atoms with E-state index in [4.69, 9.17) is 9.84 Å². The van der Waals surface area contributed by atoms with E-state index in [0.29, 0.717) is 11.3 Å². The molecule has 4 nitrogen and oxygen atoms in total. The van der Waals surface area contributed by atoms with Crippen molar-refractivity contribution >= 4 is 5.97 Å². The highest BCUT2D eigenvalue weighted by molar-refractivity contribution is 5.71. The Kier molecular flexibility index (Phi) is 4.67. The number of carbonyl (C=O) groups is 1. The molecule has 0 radical (unpaired) electrons. The Hall–Kier alpha value is -1.62. The van der Waals surface area contributed by atoms with Crippen LogP contribution < -0.4 is 4.74 Å². The quantitative estimate of drug-likeness (QED) is 0.876. The van der Waals surface area contributed by atoms with Gasteiger partial charge in [0, 0.05) is 5.56 Å². The van der Waals surface area contributed by atoms with Crippen LogP contribution in [-0.2, 0) is 4.79 Å². The lowest BCUT2D eigenvalue weighted by Gasteiger charge is -2.29. The second-order valence-corrected chi connectivity index (χ2v) is 4.42. The van der Waals surface area contributed by atoms with Crippen LogP contribution in [-0.4, -0.2) is 37.2 Å². The first-order valence-corrected chi connectivity index (χ1v) is 5.61. The van der Waals surface area contributed by atoms with E-state index in [1.165, 1.54) is 25.3 Å². The van der Waals surface area contributed by atoms with Crippen LogP contribution in [0.1, 0.15) is 18.5 Å². The number of aliphatic carboxylic acids is 1. The maximum atomic E-state index is 13.4. The van der Waals surface area contributed by atoms with E-state index in [1.807, 2.05) is 0 Å². The third kappa shape index (κ3) is 2.98. The number of hydrogen-bond donors (Lipinski definition) is 1. The Bertz CT molecular complexity index is 434. The summed E-state index contributed by atoms with van der Waals surface area (Å²) < 4.78 is 18.5. The van der Waals surface area contributed by atoms with Crippen LogP contribution in [0.4, 0.5) is 4.39 Å². The van der Waals surface area contributed by atoms with Crippen molar-refractivity contribution < 1.29 is 19.0 Å². The van der Waals surface area contributed by atoms with Crippen molar-refractivity contribution in [1.29, 1.82) is 0 Å². The van der Waals surface area contributed by atoms with Gasteiger partial charge in [0.2, 0.25) is 0 Å². The minimum absolute atomic E-state index is 0.407. The van der Waals surface area contributed by atoms with E-state index in [-0.39, 0.29) is 0 Å². The molecule has 5 heteroatoms. The molecule has 18 heavy (non-hydrogen) atoms. The molecule has 1 N–H and O–H groups in total. The van der Waals surface area contributed by atoms with E-state index in [0.717, 1.165) is 0 Å². The summed E-state index contributed by atoms with van der Waals surface area (Å²) in [5, 5.41) is 9.13. The first-order chi connectivity index (χ1) is 8.38. The van der Waals surface area contributed by atoms with Gasteiger partial charge in [-0.2, -0.15) is 0 Å². The highest BCUT2D eigenvalue weighted by atomic mass is 19.1. The second-order valence-electron chi connectivity index (χ2n) is 4.42. The number of ether oxygens (including phenoxy) is 1. The van der Waals surface area contributed by atoms with Crippen LogP contribution in [0.5, 0.6) is 5.75 Å². The summed E-state index contributed by atoms with van der Waals surface area (Å²) in [5.41, 5.74) is 0.539. The van der Waals surface area contributed by atoms with Gasteiger partial charge in [0.05, 0.1) is 19.1 Å². The Morgan fingerprint density at radius 1 is 1.44 bits per heavy atom. The van der Waals surface area contributed by atoms with Crippen molar-refractivity contribution in [3.63, 3.8) is 0 Å². The first kappa shape index (κ1) is 14.4. The van der Waals surface area contributed by atoms with Crippen molar-refractivity contribution in [3.8, 4) is 5.75 Å². The number of rotatable bonds is 5. The minimum atomic E-state index is -0.931. The summed E-state index contributed by atoms with van der Waals surface area (Å²) >= 11 is 0. The molecular formula is C13H18FNO3. The molecule has 0 aliphatic rings. The van der Waals surface area contributed by atoms with Gasteiger partial charge in [-0.15, -0.1) is 0 Å². The van der Waals surface area contributed by atoms with Crippen molar-refractivity contribution in [2.75, 3.05) is 21.2 Å². The van der Waals surface area contributed by atoms with Gasteiger partial charge in [-0.3, -0.25) is 4.79 Å². The van der Waals surface area contributed by atoms with Crippen LogP contribution >= 0.6 is 0 Å². The van der Waals surface area contributed by atoms with Crippen molar-refractivity contribution in [2.45, 2.75) is 13.0 Å². The fraction of sp³-hybridized carbons (Fsp3) is 0.462. The zero-order valence-corrected chi connectivity index (χ0v) is 11.0. The predicted molar refractivity (Wildman–Crippen MR) is 66.2 cm³/mol. The van der Waals surface area contributed by atoms with Gasteiger partial charge in [-0.1, -0.05) is 6.92 Å². The summed E-state index contributed by atoms with van der Waals surface area (Å²) in [6.45, 7) is 1.59. The van der Waals surface area contributed by atoms with Gasteiger partial charge in [-0.05, 0) is 32.3 Å². The Morgan fingerprint density at radius 2 is 2.06 bits per heavy atom. The number of nitrogens with zero attached hydrogens (tertiary/aromatic N) is 1. The third-order valence-electron chi connectivity index (χ3n) is 2.93. The van der Waals surface area contributed by atoms with E-state index in [9.17, 15) is 9.18 Å². The largest absolute Gasteiger partial charge is 0.496 e. The third-order valence-corrected chi connectivity index (χ3v) is 2.93. The SMILES string of the molecule is COc1ccc(F)cc1C(C(C)C(=O)O)N(C)C. The van der Waals surface area contributed by atoms with E-state index < -0.39 is 23.7 Å². The van der Waals surface area contributed by atoms with Crippen molar-refractivity contribution in [1.82, 2.24) is 4.90 Å². The molecule has 1 rings (SSSR count). The minimum Gasteiger partial charge on any atom is -0.496 e. The van der Waals surface area contributed by atoms with E-state index >= 15 is 0 Å². The summed E-state index contributed by atoms with van der Waals surface area (Å²) in [4.78, 5) is 12.9. The van der Waals surface area contributed by atoms with E-state index in [1.54, 1.807) is 25.9 Å². The van der Waals surface area contributed by atoms with Crippen LogP contribution in [0.2, 0.25) is 0 Å². The number of hydrogen-bond acceptors (Lipinski definition) is 3. The van der Waals surface area contributed by atoms with Gasteiger partial charge < -0.3 is 14.7 Å². The number of halogens is 1. The molecule has 2 unspecified atom stereocenters. The molecule has 0 aromatic heterocycles. The molecule has 100 valence electrons. The fourth-order valence-electron chi connectivity index (χ4n) is 2.07. The maximum Gasteiger partial charge on any atom is 0.308 e. The Morgan fingerprint density at radius 3 is 2.50 bits per heavy atom. The average Bonchev–Trinajstić information content (AvgIpc) is 2.28. The highest BCUT2D eigenvalue weighted by Crippen LogP contribution is 2.34. The molecule has 2 atom stereocenters. The smallest absolute Gasteiger partial charge is 0.308 e. The van der Waals surface area contributed by atoms with Crippen LogP contribution in [0, 0.1) is 11.7 Å². The highest BCUT2D eigenvalue weighted by Gasteiger charge is 2.29. The molecule has 0 aliphatic heterocycles. The number of methoxy groups -OCH3 is 1. The monoisotopic (exact) mass is 255 g/mol. The average molecular weight is 255 g/mol. The molecule has 0 saturated heterocycles. The zero-order valence-electron chi connectivity index (χ0n) is 11.0. The lowest BCUT2D eigenvalue weighted by atomic mass is 9.93. The standard InChI is InChI=1S/C13H18FNO3/c1-8(13(16)17)12(15(2)3)10-7-9(14)5-6-11(10)18-4/h5-8,12H,1-4H3,(H,16,17). The van der Waals surface area contributed by atoms with Crippen LogP contribution in [0.25, 0.3) is 0 Å². The summed E-state index contributed by atoms with van der Waals surface area (Å²) in [5.74, 6) is -1.52. The van der Waals surface area contributed by atoms with Crippen LogP contribution in [0.15, 0.2) is 18.2 Å². The molecule has 0 saturated carbocycles. The maximum absolute atomic E-state index is 13.4. The van der Waals surface area contributed by atoms with Gasteiger partial charge in [0.1, 0.15) is 11.6 Å². The zero-order chi connectivity index (χ0) is 13.9. The molecule has 0 bridgehead atoms. The number of carboxylic acid groups (broad SMARTS) is 1. The summed E-state index contributed by atoms with van der Waals surface area (Å²) in [7, 11) is 5.00.